The summed E-state index contributed by atoms with van der Waals surface area (Å²) < 4.78 is 0. The smallest absolute Gasteiger partial charge is 0.164 e. The van der Waals surface area contributed by atoms with Gasteiger partial charge < -0.3 is 10.2 Å². The Labute approximate surface area is 150 Å². The van der Waals surface area contributed by atoms with Gasteiger partial charge in [-0.1, -0.05) is 12.1 Å². The number of benzene rings is 2. The highest BCUT2D eigenvalue weighted by Crippen LogP contribution is 2.40. The molecule has 0 unspecified atom stereocenters. The van der Waals surface area contributed by atoms with E-state index in [4.69, 9.17) is 0 Å². The third kappa shape index (κ3) is 3.13. The lowest BCUT2D eigenvalue weighted by Crippen LogP contribution is -2.16. The zero-order valence-corrected chi connectivity index (χ0v) is 14.8. The van der Waals surface area contributed by atoms with Crippen LogP contribution in [-0.4, -0.2) is 33.3 Å². The van der Waals surface area contributed by atoms with Gasteiger partial charge >= 0.3 is 0 Å². The van der Waals surface area contributed by atoms with Crippen molar-refractivity contribution in [3.8, 4) is 22.6 Å². The summed E-state index contributed by atoms with van der Waals surface area (Å²) in [6, 6.07) is 5.65. The minimum atomic E-state index is -0.664. The van der Waals surface area contributed by atoms with Gasteiger partial charge in [-0.25, -0.2) is 0 Å². The van der Waals surface area contributed by atoms with Gasteiger partial charge in [-0.15, -0.1) is 0 Å². The minimum absolute atomic E-state index is 0.0279. The molecule has 0 aromatic heterocycles. The summed E-state index contributed by atoms with van der Waals surface area (Å²) in [6.07, 6.45) is 0. The summed E-state index contributed by atoms with van der Waals surface area (Å²) in [4.78, 5) is 48.9. The van der Waals surface area contributed by atoms with Gasteiger partial charge in [0.15, 0.2) is 23.1 Å². The molecule has 6 nitrogen and oxygen atoms in total. The van der Waals surface area contributed by atoms with Gasteiger partial charge in [0.05, 0.1) is 11.1 Å². The van der Waals surface area contributed by atoms with Crippen molar-refractivity contribution in [2.24, 2.45) is 0 Å². The molecule has 2 rings (SSSR count). The highest BCUT2D eigenvalue weighted by Gasteiger charge is 2.31. The Morgan fingerprint density at radius 2 is 0.962 bits per heavy atom. The van der Waals surface area contributed by atoms with Crippen molar-refractivity contribution in [1.29, 1.82) is 0 Å². The normalized spacial score (nSPS) is 10.5. The van der Waals surface area contributed by atoms with Crippen molar-refractivity contribution >= 4 is 23.1 Å². The molecule has 0 fully saturated rings. The second-order valence-electron chi connectivity index (χ2n) is 6.00. The van der Waals surface area contributed by atoms with E-state index >= 15 is 0 Å². The Balaban J connectivity index is 3.19. The minimum Gasteiger partial charge on any atom is -0.508 e. The number of aromatic hydroxyl groups is 2. The molecular formula is C20H18O6. The molecule has 2 N–H and O–H groups in total. The van der Waals surface area contributed by atoms with Crippen molar-refractivity contribution in [2.45, 2.75) is 27.7 Å². The molecular weight excluding hydrogens is 336 g/mol. The highest BCUT2D eigenvalue weighted by molar-refractivity contribution is 6.22. The van der Waals surface area contributed by atoms with Crippen molar-refractivity contribution in [2.75, 3.05) is 0 Å². The van der Waals surface area contributed by atoms with Crippen LogP contribution in [0.5, 0.6) is 11.5 Å². The molecule has 2 aromatic carbocycles. The van der Waals surface area contributed by atoms with E-state index in [1.165, 1.54) is 52.0 Å². The molecule has 0 aliphatic heterocycles. The van der Waals surface area contributed by atoms with E-state index in [2.05, 4.69) is 0 Å². The van der Waals surface area contributed by atoms with Crippen LogP contribution in [-0.2, 0) is 0 Å². The molecule has 2 aromatic rings. The summed E-state index contributed by atoms with van der Waals surface area (Å²) >= 11 is 0. The van der Waals surface area contributed by atoms with Crippen LogP contribution in [0.1, 0.15) is 69.1 Å². The number of phenols is 2. The average molecular weight is 354 g/mol. The van der Waals surface area contributed by atoms with Crippen LogP contribution in [0.4, 0.5) is 0 Å². The van der Waals surface area contributed by atoms with Crippen molar-refractivity contribution in [3.63, 3.8) is 0 Å². The molecule has 0 aliphatic rings. The molecule has 134 valence electrons. The maximum atomic E-state index is 12.3. The number of ketones is 4. The van der Waals surface area contributed by atoms with Crippen LogP contribution in [0.3, 0.4) is 0 Å². The fourth-order valence-electron chi connectivity index (χ4n) is 3.04. The quantitative estimate of drug-likeness (QED) is 0.795. The van der Waals surface area contributed by atoms with E-state index in [0.717, 1.165) is 0 Å². The lowest BCUT2D eigenvalue weighted by Gasteiger charge is -2.20. The van der Waals surface area contributed by atoms with Crippen LogP contribution < -0.4 is 0 Å². The Kier molecular flexibility index (Phi) is 5.07. The standard InChI is InChI=1S/C20H18O6/c1-9(21)15-17(11(3)23)20(26)18(12(4)24)16(10(2)22)19(15)13-5-7-14(25)8-6-13/h5-8,25-26H,1-4H3. The fraction of sp³-hybridized carbons (Fsp3) is 0.200. The summed E-state index contributed by atoms with van der Waals surface area (Å²) in [5, 5.41) is 20.0. The fourth-order valence-corrected chi connectivity index (χ4v) is 3.04. The van der Waals surface area contributed by atoms with Crippen LogP contribution in [0.2, 0.25) is 0 Å². The average Bonchev–Trinajstić information content (AvgIpc) is 2.53. The molecule has 6 heteroatoms. The third-order valence-electron chi connectivity index (χ3n) is 4.04. The first kappa shape index (κ1) is 19.1. The number of Topliss-reactive ketones (excluding diaryl/α,β-unsaturated/α-hetero) is 4. The Hall–Kier alpha value is -3.28. The summed E-state index contributed by atoms with van der Waals surface area (Å²) in [7, 11) is 0. The maximum Gasteiger partial charge on any atom is 0.164 e. The second-order valence-corrected chi connectivity index (χ2v) is 6.00. The molecule has 0 bridgehead atoms. The zero-order valence-electron chi connectivity index (χ0n) is 14.8. The lowest BCUT2D eigenvalue weighted by atomic mass is 9.82. The Morgan fingerprint density at radius 1 is 0.615 bits per heavy atom. The monoisotopic (exact) mass is 354 g/mol. The van der Waals surface area contributed by atoms with Crippen LogP contribution >= 0.6 is 0 Å². The van der Waals surface area contributed by atoms with Crippen molar-refractivity contribution in [3.05, 3.63) is 46.5 Å². The summed E-state index contributed by atoms with van der Waals surface area (Å²) in [5.41, 5.74) is -0.389. The van der Waals surface area contributed by atoms with Crippen LogP contribution in [0, 0.1) is 0 Å². The highest BCUT2D eigenvalue weighted by atomic mass is 16.3. The molecule has 0 atom stereocenters. The number of rotatable bonds is 5. The summed E-state index contributed by atoms with van der Waals surface area (Å²) in [6.45, 7) is 4.75. The molecule has 26 heavy (non-hydrogen) atoms. The van der Waals surface area contributed by atoms with Gasteiger partial charge in [-0.05, 0) is 45.4 Å². The van der Waals surface area contributed by atoms with Crippen molar-refractivity contribution < 1.29 is 29.4 Å². The van der Waals surface area contributed by atoms with Gasteiger partial charge in [0.2, 0.25) is 0 Å². The topological polar surface area (TPSA) is 109 Å². The number of hydrogen-bond acceptors (Lipinski definition) is 6. The molecule has 0 heterocycles. The van der Waals surface area contributed by atoms with Gasteiger partial charge in [0, 0.05) is 16.7 Å². The third-order valence-corrected chi connectivity index (χ3v) is 4.04. The van der Waals surface area contributed by atoms with Gasteiger partial charge in [-0.3, -0.25) is 19.2 Å². The first-order chi connectivity index (χ1) is 12.1. The number of carbonyl (C=O) groups is 4. The van der Waals surface area contributed by atoms with Crippen LogP contribution in [0.25, 0.3) is 11.1 Å². The van der Waals surface area contributed by atoms with Gasteiger partial charge in [0.1, 0.15) is 11.5 Å². The van der Waals surface area contributed by atoms with Crippen molar-refractivity contribution in [1.82, 2.24) is 0 Å². The number of hydrogen-bond donors (Lipinski definition) is 2. The molecule has 0 amide bonds. The predicted molar refractivity (Wildman–Crippen MR) is 95.2 cm³/mol. The molecule has 0 saturated carbocycles. The Bertz CT molecular complexity index is 898. The predicted octanol–water partition coefficient (Wildman–Crippen LogP) is 3.58. The van der Waals surface area contributed by atoms with E-state index in [9.17, 15) is 29.4 Å². The van der Waals surface area contributed by atoms with E-state index in [1.54, 1.807) is 0 Å². The maximum absolute atomic E-state index is 12.3. The van der Waals surface area contributed by atoms with Gasteiger partial charge in [-0.2, -0.15) is 0 Å². The first-order valence-corrected chi connectivity index (χ1v) is 7.84. The van der Waals surface area contributed by atoms with E-state index in [1.807, 2.05) is 0 Å². The summed E-state index contributed by atoms with van der Waals surface area (Å²) in [5.74, 6) is -2.98. The first-order valence-electron chi connectivity index (χ1n) is 7.84. The number of phenolic OH excluding ortho intramolecular Hbond substituents is 2. The SMILES string of the molecule is CC(=O)c1c(O)c(C(C)=O)c(C(C)=O)c(-c2ccc(O)cc2)c1C(C)=O. The zero-order chi connectivity index (χ0) is 19.8. The molecule has 0 radical (unpaired) electrons. The van der Waals surface area contributed by atoms with Gasteiger partial charge in [0.25, 0.3) is 0 Å². The molecule has 0 spiro atoms. The second kappa shape index (κ2) is 6.92. The van der Waals surface area contributed by atoms with E-state index in [0.29, 0.717) is 5.56 Å². The molecule has 0 aliphatic carbocycles. The van der Waals surface area contributed by atoms with E-state index < -0.39 is 28.9 Å². The molecule has 0 saturated heterocycles. The van der Waals surface area contributed by atoms with Crippen LogP contribution in [0.15, 0.2) is 24.3 Å². The lowest BCUT2D eigenvalue weighted by molar-refractivity contribution is 0.0966. The number of carbonyl (C=O) groups excluding carboxylic acids is 4. The Morgan fingerprint density at radius 3 is 1.27 bits per heavy atom. The largest absolute Gasteiger partial charge is 0.508 e. The van der Waals surface area contributed by atoms with E-state index in [-0.39, 0.29) is 33.6 Å².